The molecule has 0 heterocycles. The first-order valence-electron chi connectivity index (χ1n) is 10.0. The minimum atomic E-state index is -0.678. The zero-order valence-electron chi connectivity index (χ0n) is 17.3. The fourth-order valence-electron chi connectivity index (χ4n) is 3.29. The van der Waals surface area contributed by atoms with Crippen molar-refractivity contribution in [3.8, 4) is 5.75 Å². The van der Waals surface area contributed by atoms with E-state index in [0.717, 1.165) is 11.1 Å². The highest BCUT2D eigenvalue weighted by Gasteiger charge is 2.30. The second-order valence-electron chi connectivity index (χ2n) is 7.07. The van der Waals surface area contributed by atoms with Gasteiger partial charge in [-0.15, -0.1) is 0 Å². The Morgan fingerprint density at radius 3 is 2.19 bits per heavy atom. The first-order chi connectivity index (χ1) is 15.1. The van der Waals surface area contributed by atoms with E-state index in [4.69, 9.17) is 16.3 Å². The maximum atomic E-state index is 13.2. The Morgan fingerprint density at radius 2 is 1.58 bits per heavy atom. The monoisotopic (exact) mass is 436 g/mol. The number of hydrogen-bond acceptors (Lipinski definition) is 3. The molecule has 0 aliphatic heterocycles. The van der Waals surface area contributed by atoms with E-state index in [9.17, 15) is 9.59 Å². The molecular formula is C25H25ClN2O3. The van der Waals surface area contributed by atoms with Crippen LogP contribution in [0.1, 0.15) is 11.1 Å². The van der Waals surface area contributed by atoms with Crippen LogP contribution < -0.4 is 10.1 Å². The van der Waals surface area contributed by atoms with Gasteiger partial charge in [-0.25, -0.2) is 0 Å². The Balaban J connectivity index is 1.84. The van der Waals surface area contributed by atoms with Gasteiger partial charge in [-0.1, -0.05) is 78.3 Å². The minimum absolute atomic E-state index is 0.199. The van der Waals surface area contributed by atoms with Gasteiger partial charge in [-0.2, -0.15) is 0 Å². The van der Waals surface area contributed by atoms with E-state index in [0.29, 0.717) is 23.7 Å². The number of benzene rings is 3. The lowest BCUT2D eigenvalue weighted by Gasteiger charge is -2.31. The predicted molar refractivity (Wildman–Crippen MR) is 122 cm³/mol. The van der Waals surface area contributed by atoms with Crippen LogP contribution in [0.2, 0.25) is 5.02 Å². The number of amides is 2. The minimum Gasteiger partial charge on any atom is -0.484 e. The lowest BCUT2D eigenvalue weighted by molar-refractivity contribution is -0.142. The Labute approximate surface area is 187 Å². The summed E-state index contributed by atoms with van der Waals surface area (Å²) in [6.45, 7) is 0.0962. The average Bonchev–Trinajstić information content (AvgIpc) is 2.80. The van der Waals surface area contributed by atoms with Gasteiger partial charge in [-0.3, -0.25) is 9.59 Å². The first kappa shape index (κ1) is 22.4. The molecule has 1 unspecified atom stereocenters. The molecule has 1 atom stereocenters. The lowest BCUT2D eigenvalue weighted by atomic mass is 10.0. The van der Waals surface area contributed by atoms with Crippen LogP contribution in [0.4, 0.5) is 0 Å². The van der Waals surface area contributed by atoms with Crippen LogP contribution >= 0.6 is 11.6 Å². The molecule has 0 saturated heterocycles. The predicted octanol–water partition coefficient (Wildman–Crippen LogP) is 4.10. The molecule has 6 heteroatoms. The van der Waals surface area contributed by atoms with Crippen molar-refractivity contribution in [1.82, 2.24) is 10.2 Å². The third-order valence-corrected chi connectivity index (χ3v) is 5.11. The summed E-state index contributed by atoms with van der Waals surface area (Å²) in [6.07, 6.45) is 0.399. The Bertz CT molecular complexity index is 996. The van der Waals surface area contributed by atoms with Crippen molar-refractivity contribution in [3.05, 3.63) is 101 Å². The van der Waals surface area contributed by atoms with Gasteiger partial charge in [0.1, 0.15) is 11.8 Å². The number of rotatable bonds is 9. The van der Waals surface area contributed by atoms with E-state index >= 15 is 0 Å². The molecule has 0 aliphatic carbocycles. The third kappa shape index (κ3) is 6.59. The number of carbonyl (C=O) groups is 2. The highest BCUT2D eigenvalue weighted by atomic mass is 35.5. The summed E-state index contributed by atoms with van der Waals surface area (Å²) >= 11 is 6.00. The molecule has 0 radical (unpaired) electrons. The third-order valence-electron chi connectivity index (χ3n) is 4.87. The zero-order valence-corrected chi connectivity index (χ0v) is 18.1. The fourth-order valence-corrected chi connectivity index (χ4v) is 3.47. The van der Waals surface area contributed by atoms with Crippen LogP contribution in [0, 0.1) is 0 Å². The second kappa shape index (κ2) is 11.2. The number of ether oxygens (including phenoxy) is 1. The lowest BCUT2D eigenvalue weighted by Crippen LogP contribution is -2.51. The van der Waals surface area contributed by atoms with Crippen LogP contribution in [-0.4, -0.2) is 36.4 Å². The Kier molecular flexibility index (Phi) is 8.07. The molecular weight excluding hydrogens is 412 g/mol. The molecule has 0 bridgehead atoms. The van der Waals surface area contributed by atoms with Crippen molar-refractivity contribution < 1.29 is 14.3 Å². The Morgan fingerprint density at radius 1 is 0.935 bits per heavy atom. The van der Waals surface area contributed by atoms with Crippen molar-refractivity contribution in [2.24, 2.45) is 0 Å². The largest absolute Gasteiger partial charge is 0.484 e. The SMILES string of the molecule is CNC(=O)C(Cc1ccccc1)N(Cc1ccccc1)C(=O)COc1cccc(Cl)c1. The van der Waals surface area contributed by atoms with Gasteiger partial charge < -0.3 is 15.0 Å². The highest BCUT2D eigenvalue weighted by Crippen LogP contribution is 2.19. The number of carbonyl (C=O) groups excluding carboxylic acids is 2. The van der Waals surface area contributed by atoms with Gasteiger partial charge in [0.2, 0.25) is 5.91 Å². The van der Waals surface area contributed by atoms with Crippen molar-refractivity contribution in [2.45, 2.75) is 19.0 Å². The summed E-state index contributed by atoms with van der Waals surface area (Å²) in [7, 11) is 1.58. The molecule has 0 aromatic heterocycles. The molecule has 0 spiro atoms. The average molecular weight is 437 g/mol. The van der Waals surface area contributed by atoms with Gasteiger partial charge in [-0.05, 0) is 29.3 Å². The maximum Gasteiger partial charge on any atom is 0.261 e. The number of halogens is 1. The first-order valence-corrected chi connectivity index (χ1v) is 10.4. The van der Waals surface area contributed by atoms with Crippen molar-refractivity contribution in [2.75, 3.05) is 13.7 Å². The molecule has 3 aromatic carbocycles. The van der Waals surface area contributed by atoms with Gasteiger partial charge >= 0.3 is 0 Å². The number of nitrogens with zero attached hydrogens (tertiary/aromatic N) is 1. The van der Waals surface area contributed by atoms with E-state index < -0.39 is 6.04 Å². The molecule has 1 N–H and O–H groups in total. The van der Waals surface area contributed by atoms with E-state index in [2.05, 4.69) is 5.32 Å². The van der Waals surface area contributed by atoms with Crippen molar-refractivity contribution in [3.63, 3.8) is 0 Å². The summed E-state index contributed by atoms with van der Waals surface area (Å²) < 4.78 is 5.67. The fraction of sp³-hybridized carbons (Fsp3) is 0.200. The Hall–Kier alpha value is -3.31. The second-order valence-corrected chi connectivity index (χ2v) is 7.51. The van der Waals surface area contributed by atoms with Gasteiger partial charge in [0.05, 0.1) is 0 Å². The van der Waals surface area contributed by atoms with E-state index in [1.165, 1.54) is 0 Å². The number of likely N-dealkylation sites (N-methyl/N-ethyl adjacent to an activating group) is 1. The van der Waals surface area contributed by atoms with E-state index in [-0.39, 0.29) is 18.4 Å². The summed E-state index contributed by atoms with van der Waals surface area (Å²) in [5, 5.41) is 3.22. The van der Waals surface area contributed by atoms with Crippen molar-refractivity contribution >= 4 is 23.4 Å². The molecule has 3 rings (SSSR count). The van der Waals surface area contributed by atoms with E-state index in [1.54, 1.807) is 36.2 Å². The van der Waals surface area contributed by atoms with Crippen LogP contribution in [0.25, 0.3) is 0 Å². The molecule has 2 amide bonds. The number of nitrogens with one attached hydrogen (secondary N) is 1. The van der Waals surface area contributed by atoms with E-state index in [1.807, 2.05) is 60.7 Å². The molecule has 3 aromatic rings. The summed E-state index contributed by atoms with van der Waals surface area (Å²) in [4.78, 5) is 27.6. The van der Waals surface area contributed by atoms with Crippen molar-refractivity contribution in [1.29, 1.82) is 0 Å². The molecule has 160 valence electrons. The van der Waals surface area contributed by atoms with Crippen LogP contribution in [0.3, 0.4) is 0 Å². The molecule has 5 nitrogen and oxygen atoms in total. The highest BCUT2D eigenvalue weighted by molar-refractivity contribution is 6.30. The van der Waals surface area contributed by atoms with Gasteiger partial charge in [0.25, 0.3) is 5.91 Å². The summed E-state index contributed by atoms with van der Waals surface area (Å²) in [5.74, 6) is -0.00990. The summed E-state index contributed by atoms with van der Waals surface area (Å²) in [6, 6.07) is 25.5. The summed E-state index contributed by atoms with van der Waals surface area (Å²) in [5.41, 5.74) is 1.90. The topological polar surface area (TPSA) is 58.6 Å². The number of hydrogen-bond donors (Lipinski definition) is 1. The van der Waals surface area contributed by atoms with Crippen LogP contribution in [-0.2, 0) is 22.6 Å². The zero-order chi connectivity index (χ0) is 22.1. The quantitative estimate of drug-likeness (QED) is 0.549. The molecule has 0 saturated carbocycles. The molecule has 0 fully saturated rings. The smallest absolute Gasteiger partial charge is 0.261 e. The molecule has 31 heavy (non-hydrogen) atoms. The van der Waals surface area contributed by atoms with Crippen LogP contribution in [0.5, 0.6) is 5.75 Å². The standard InChI is InChI=1S/C25H25ClN2O3/c1-27-25(30)23(15-19-9-4-2-5-10-19)28(17-20-11-6-3-7-12-20)24(29)18-31-22-14-8-13-21(26)16-22/h2-14,16,23H,15,17-18H2,1H3,(H,27,30). The van der Waals surface area contributed by atoms with Gasteiger partial charge in [0.15, 0.2) is 6.61 Å². The van der Waals surface area contributed by atoms with Gasteiger partial charge in [0, 0.05) is 25.0 Å². The molecule has 0 aliphatic rings. The van der Waals surface area contributed by atoms with Crippen LogP contribution in [0.15, 0.2) is 84.9 Å². The maximum absolute atomic E-state index is 13.2. The normalized spacial score (nSPS) is 11.4.